The van der Waals surface area contributed by atoms with E-state index in [-0.39, 0.29) is 0 Å². The zero-order chi connectivity index (χ0) is 8.55. The molecule has 0 bridgehead atoms. The zero-order valence-corrected chi connectivity index (χ0v) is 6.88. The summed E-state index contributed by atoms with van der Waals surface area (Å²) in [4.78, 5) is 0. The van der Waals surface area contributed by atoms with Crippen molar-refractivity contribution in [2.45, 2.75) is 0 Å². The Labute approximate surface area is 71.9 Å². The molecule has 0 nitrogen and oxygen atoms in total. The lowest BCUT2D eigenvalue weighted by Crippen LogP contribution is -2.25. The Hall–Kier alpha value is -1.56. The van der Waals surface area contributed by atoms with Gasteiger partial charge in [-0.3, -0.25) is 0 Å². The lowest BCUT2D eigenvalue weighted by atomic mass is 10.1. The maximum atomic E-state index is 3.98. The molecule has 58 valence electrons. The summed E-state index contributed by atoms with van der Waals surface area (Å²) in [6.07, 6.45) is 6.05. The van der Waals surface area contributed by atoms with Gasteiger partial charge in [-0.2, -0.15) is 0 Å². The summed E-state index contributed by atoms with van der Waals surface area (Å²) in [6.45, 7) is 7.75. The maximum Gasteiger partial charge on any atom is -0.00450 e. The number of allylic oxidation sites excluding steroid dienone is 2. The Morgan fingerprint density at radius 3 is 2.75 bits per heavy atom. The standard InChI is InChI=1S/C12H10/c1-3-10-7-8-11-6-4-5-9(2)12(10)11/h3-8H,1-2H2. The minimum Gasteiger partial charge on any atom is -0.0984 e. The molecule has 0 amide bonds. The van der Waals surface area contributed by atoms with Gasteiger partial charge >= 0.3 is 0 Å². The molecule has 0 N–H and O–H groups in total. The molecule has 0 aliphatic heterocycles. The molecular weight excluding hydrogens is 144 g/mol. The molecule has 0 radical (unpaired) electrons. The minimum atomic E-state index is 1.08. The summed E-state index contributed by atoms with van der Waals surface area (Å²) >= 11 is 0. The van der Waals surface area contributed by atoms with Crippen LogP contribution in [0.15, 0.2) is 36.9 Å². The first-order chi connectivity index (χ1) is 5.83. The topological polar surface area (TPSA) is 0 Å². The van der Waals surface area contributed by atoms with Crippen LogP contribution in [0.25, 0.3) is 18.2 Å². The number of hydrogen-bond acceptors (Lipinski definition) is 0. The molecule has 0 spiro atoms. The average Bonchev–Trinajstić information content (AvgIpc) is 2.49. The molecule has 0 aromatic heterocycles. The highest BCUT2D eigenvalue weighted by molar-refractivity contribution is 5.80. The van der Waals surface area contributed by atoms with Crippen molar-refractivity contribution < 1.29 is 0 Å². The monoisotopic (exact) mass is 154 g/mol. The zero-order valence-electron chi connectivity index (χ0n) is 6.88. The third-order valence-electron chi connectivity index (χ3n) is 2.13. The van der Waals surface area contributed by atoms with E-state index in [4.69, 9.17) is 0 Å². The van der Waals surface area contributed by atoms with Crippen molar-refractivity contribution in [1.29, 1.82) is 0 Å². The van der Waals surface area contributed by atoms with Gasteiger partial charge in [0.15, 0.2) is 0 Å². The van der Waals surface area contributed by atoms with Crippen LogP contribution in [0.5, 0.6) is 0 Å². The van der Waals surface area contributed by atoms with Gasteiger partial charge in [0.2, 0.25) is 0 Å². The van der Waals surface area contributed by atoms with Gasteiger partial charge in [0.1, 0.15) is 0 Å². The van der Waals surface area contributed by atoms with Crippen molar-refractivity contribution in [2.75, 3.05) is 0 Å². The Morgan fingerprint density at radius 2 is 2.00 bits per heavy atom. The molecule has 0 atom stereocenters. The smallest absolute Gasteiger partial charge is 0.00450 e. The molecule has 0 saturated carbocycles. The van der Waals surface area contributed by atoms with Crippen LogP contribution in [0.3, 0.4) is 0 Å². The second-order valence-corrected chi connectivity index (χ2v) is 2.87. The first-order valence-electron chi connectivity index (χ1n) is 3.96. The normalized spacial score (nSPS) is 13.2. The molecule has 2 rings (SSSR count). The van der Waals surface area contributed by atoms with E-state index in [1.165, 1.54) is 16.4 Å². The van der Waals surface area contributed by atoms with Crippen LogP contribution < -0.4 is 10.4 Å². The van der Waals surface area contributed by atoms with E-state index in [1.807, 2.05) is 18.2 Å². The number of rotatable bonds is 1. The minimum absolute atomic E-state index is 1.08. The van der Waals surface area contributed by atoms with Crippen LogP contribution >= 0.6 is 0 Å². The van der Waals surface area contributed by atoms with Gasteiger partial charge < -0.3 is 0 Å². The second-order valence-electron chi connectivity index (χ2n) is 2.87. The molecule has 1 aromatic rings. The van der Waals surface area contributed by atoms with Gasteiger partial charge in [-0.1, -0.05) is 49.6 Å². The molecule has 1 aromatic carbocycles. The summed E-state index contributed by atoms with van der Waals surface area (Å²) in [5, 5.41) is 2.31. The lowest BCUT2D eigenvalue weighted by Gasteiger charge is -1.92. The summed E-state index contributed by atoms with van der Waals surface area (Å²) in [5.74, 6) is 0. The van der Waals surface area contributed by atoms with Gasteiger partial charge in [-0.25, -0.2) is 0 Å². The molecule has 0 heterocycles. The van der Waals surface area contributed by atoms with E-state index >= 15 is 0 Å². The molecule has 0 saturated heterocycles. The number of hydrogen-bond donors (Lipinski definition) is 0. The maximum absolute atomic E-state index is 3.98. The van der Waals surface area contributed by atoms with E-state index in [2.05, 4.69) is 31.4 Å². The van der Waals surface area contributed by atoms with Gasteiger partial charge in [0.05, 0.1) is 0 Å². The summed E-state index contributed by atoms with van der Waals surface area (Å²) < 4.78 is 0. The van der Waals surface area contributed by atoms with Crippen LogP contribution in [0, 0.1) is 0 Å². The van der Waals surface area contributed by atoms with Crippen molar-refractivity contribution in [3.05, 3.63) is 52.9 Å². The van der Waals surface area contributed by atoms with Crippen molar-refractivity contribution >= 4 is 18.2 Å². The second kappa shape index (κ2) is 2.49. The lowest BCUT2D eigenvalue weighted by molar-refractivity contribution is 1.50. The highest BCUT2D eigenvalue weighted by Crippen LogP contribution is 2.08. The molecule has 1 aliphatic carbocycles. The van der Waals surface area contributed by atoms with E-state index in [0.29, 0.717) is 0 Å². The van der Waals surface area contributed by atoms with E-state index in [1.54, 1.807) is 0 Å². The summed E-state index contributed by atoms with van der Waals surface area (Å²) in [6, 6.07) is 6.14. The Morgan fingerprint density at radius 1 is 1.17 bits per heavy atom. The Balaban J connectivity index is 2.99. The van der Waals surface area contributed by atoms with Crippen LogP contribution in [-0.4, -0.2) is 0 Å². The van der Waals surface area contributed by atoms with Crippen LogP contribution in [-0.2, 0) is 0 Å². The number of benzene rings is 1. The highest BCUT2D eigenvalue weighted by atomic mass is 14.1. The van der Waals surface area contributed by atoms with Gasteiger partial charge in [-0.05, 0) is 21.6 Å². The van der Waals surface area contributed by atoms with Gasteiger partial charge in [0.25, 0.3) is 0 Å². The predicted octanol–water partition coefficient (Wildman–Crippen LogP) is 1.46. The predicted molar refractivity (Wildman–Crippen MR) is 53.9 cm³/mol. The largest absolute Gasteiger partial charge is 0.0984 e. The fourth-order valence-corrected chi connectivity index (χ4v) is 1.54. The van der Waals surface area contributed by atoms with Gasteiger partial charge in [-0.15, -0.1) is 0 Å². The fraction of sp³-hybridized carbons (Fsp3) is 0. The quantitative estimate of drug-likeness (QED) is 0.574. The van der Waals surface area contributed by atoms with E-state index in [9.17, 15) is 0 Å². The van der Waals surface area contributed by atoms with Crippen molar-refractivity contribution in [3.63, 3.8) is 0 Å². The molecule has 1 aliphatic rings. The summed E-state index contributed by atoms with van der Waals surface area (Å²) in [7, 11) is 0. The molecule has 0 fully saturated rings. The average molecular weight is 154 g/mol. The first-order valence-corrected chi connectivity index (χ1v) is 3.96. The van der Waals surface area contributed by atoms with Crippen LogP contribution in [0.2, 0.25) is 0 Å². The molecule has 0 unspecified atom stereocenters. The van der Waals surface area contributed by atoms with Crippen molar-refractivity contribution in [3.8, 4) is 0 Å². The Kier molecular flexibility index (Phi) is 1.47. The number of fused-ring (bicyclic) bond motifs is 1. The third-order valence-corrected chi connectivity index (χ3v) is 2.13. The highest BCUT2D eigenvalue weighted by Gasteiger charge is 2.01. The van der Waals surface area contributed by atoms with Gasteiger partial charge in [0, 0.05) is 0 Å². The van der Waals surface area contributed by atoms with Crippen LogP contribution in [0.1, 0.15) is 5.56 Å². The fourth-order valence-electron chi connectivity index (χ4n) is 1.54. The van der Waals surface area contributed by atoms with Crippen molar-refractivity contribution in [2.24, 2.45) is 0 Å². The van der Waals surface area contributed by atoms with Crippen LogP contribution in [0.4, 0.5) is 0 Å². The third kappa shape index (κ3) is 0.850. The van der Waals surface area contributed by atoms with E-state index in [0.717, 1.165) is 5.22 Å². The van der Waals surface area contributed by atoms with Crippen molar-refractivity contribution in [1.82, 2.24) is 0 Å². The Bertz CT molecular complexity index is 461. The molecular formula is C12H10. The SMILES string of the molecule is C=CC1=c2c(cccc2=C)C=C1. The molecule has 12 heavy (non-hydrogen) atoms. The summed E-state index contributed by atoms with van der Waals surface area (Å²) in [5.41, 5.74) is 2.42. The molecule has 0 heteroatoms. The van der Waals surface area contributed by atoms with E-state index < -0.39 is 0 Å². The first kappa shape index (κ1) is 7.11.